The second kappa shape index (κ2) is 32.4. The number of unbranched alkanes of at least 4 members (excludes halogenated alkanes) is 16. The van der Waals surface area contributed by atoms with Crippen molar-refractivity contribution in [3.63, 3.8) is 0 Å². The molecule has 0 aromatic heterocycles. The van der Waals surface area contributed by atoms with Crippen molar-refractivity contribution < 1.29 is 9.47 Å². The molecular formula is C43H79NO2. The third-order valence-corrected chi connectivity index (χ3v) is 9.44. The molecule has 1 aliphatic carbocycles. The molecule has 1 fully saturated rings. The van der Waals surface area contributed by atoms with E-state index in [1.165, 1.54) is 128 Å². The first-order valence-electron chi connectivity index (χ1n) is 20.1. The Bertz CT molecular complexity index is 704. The molecule has 0 aliphatic heterocycles. The predicted molar refractivity (Wildman–Crippen MR) is 205 cm³/mol. The van der Waals surface area contributed by atoms with Crippen LogP contribution in [-0.2, 0) is 9.47 Å². The summed E-state index contributed by atoms with van der Waals surface area (Å²) in [5.41, 5.74) is 0. The quantitative estimate of drug-likeness (QED) is 0.0404. The Labute approximate surface area is 288 Å². The van der Waals surface area contributed by atoms with Crippen LogP contribution >= 0.6 is 0 Å². The monoisotopic (exact) mass is 642 g/mol. The lowest BCUT2D eigenvalue weighted by Gasteiger charge is -2.30. The van der Waals surface area contributed by atoms with E-state index in [0.29, 0.717) is 0 Å². The predicted octanol–water partition coefficient (Wildman–Crippen LogP) is 13.3. The minimum atomic E-state index is -0.318. The van der Waals surface area contributed by atoms with Gasteiger partial charge in [-0.2, -0.15) is 0 Å². The van der Waals surface area contributed by atoms with Gasteiger partial charge in [0.2, 0.25) is 0 Å². The highest BCUT2D eigenvalue weighted by Gasteiger charge is 2.40. The van der Waals surface area contributed by atoms with Crippen LogP contribution in [0.15, 0.2) is 48.6 Å². The van der Waals surface area contributed by atoms with Crippen LogP contribution in [0.25, 0.3) is 0 Å². The van der Waals surface area contributed by atoms with E-state index in [1.54, 1.807) is 0 Å². The van der Waals surface area contributed by atoms with Crippen molar-refractivity contribution in [1.82, 2.24) is 4.90 Å². The topological polar surface area (TPSA) is 21.7 Å². The average molecular weight is 642 g/mol. The van der Waals surface area contributed by atoms with E-state index in [4.69, 9.17) is 9.47 Å². The molecule has 3 heteroatoms. The molecule has 268 valence electrons. The van der Waals surface area contributed by atoms with Crippen molar-refractivity contribution in [2.24, 2.45) is 5.92 Å². The fourth-order valence-corrected chi connectivity index (χ4v) is 6.40. The van der Waals surface area contributed by atoms with Gasteiger partial charge in [-0.05, 0) is 116 Å². The lowest BCUT2D eigenvalue weighted by Crippen LogP contribution is -2.34. The van der Waals surface area contributed by atoms with Gasteiger partial charge < -0.3 is 14.4 Å². The maximum Gasteiger partial charge on any atom is 0.168 e. The summed E-state index contributed by atoms with van der Waals surface area (Å²) in [6.45, 7) is 7.41. The van der Waals surface area contributed by atoms with E-state index in [2.05, 4.69) is 81.5 Å². The molecule has 1 rings (SSSR count). The fraction of sp³-hybridized carbons (Fsp3) is 0.814. The van der Waals surface area contributed by atoms with Crippen molar-refractivity contribution in [3.8, 4) is 0 Å². The van der Waals surface area contributed by atoms with Gasteiger partial charge in [0.05, 0.1) is 13.2 Å². The summed E-state index contributed by atoms with van der Waals surface area (Å²) in [4.78, 5) is 2.31. The molecule has 0 amide bonds. The third-order valence-electron chi connectivity index (χ3n) is 9.44. The second-order valence-electron chi connectivity index (χ2n) is 14.3. The molecule has 0 N–H and O–H groups in total. The Morgan fingerprint density at radius 2 is 0.957 bits per heavy atom. The van der Waals surface area contributed by atoms with Crippen molar-refractivity contribution in [3.05, 3.63) is 48.6 Å². The van der Waals surface area contributed by atoms with E-state index >= 15 is 0 Å². The van der Waals surface area contributed by atoms with Gasteiger partial charge in [0.1, 0.15) is 0 Å². The second-order valence-corrected chi connectivity index (χ2v) is 14.3. The third kappa shape index (κ3) is 26.9. The van der Waals surface area contributed by atoms with E-state index in [1.807, 2.05) is 0 Å². The Hall–Kier alpha value is -1.16. The number of allylic oxidation sites excluding steroid dienone is 8. The first kappa shape index (κ1) is 42.9. The van der Waals surface area contributed by atoms with Crippen LogP contribution in [0.2, 0.25) is 0 Å². The highest BCUT2D eigenvalue weighted by atomic mass is 16.7. The number of hydrogen-bond acceptors (Lipinski definition) is 3. The van der Waals surface area contributed by atoms with Gasteiger partial charge in [-0.1, -0.05) is 127 Å². The molecule has 0 aromatic carbocycles. The van der Waals surface area contributed by atoms with Crippen LogP contribution in [0.3, 0.4) is 0 Å². The van der Waals surface area contributed by atoms with Crippen LogP contribution in [0.1, 0.15) is 181 Å². The first-order valence-corrected chi connectivity index (χ1v) is 20.1. The van der Waals surface area contributed by atoms with Crippen LogP contribution in [0.4, 0.5) is 0 Å². The summed E-state index contributed by atoms with van der Waals surface area (Å²) in [7, 11) is 4.37. The van der Waals surface area contributed by atoms with Crippen LogP contribution in [0, 0.1) is 5.92 Å². The minimum Gasteiger partial charge on any atom is -0.350 e. The standard InChI is InChI=1S/C43H79NO2/c1-5-7-9-11-13-15-17-19-21-23-25-27-29-31-33-39-45-43(37-35-42(41-43)36-38-44(3)4)46-40-34-32-30-28-26-24-22-20-18-16-14-12-10-8-6-2/h13-16,19-22,42H,5-12,17-18,23-41H2,1-4H3. The minimum absolute atomic E-state index is 0.318. The van der Waals surface area contributed by atoms with Gasteiger partial charge in [0.15, 0.2) is 5.79 Å². The molecule has 0 radical (unpaired) electrons. The molecule has 0 aromatic rings. The normalized spacial score (nSPS) is 19.0. The van der Waals surface area contributed by atoms with Crippen molar-refractivity contribution in [2.45, 2.75) is 187 Å². The molecular weight excluding hydrogens is 562 g/mol. The number of nitrogens with zero attached hydrogens (tertiary/aromatic N) is 1. The average Bonchev–Trinajstić information content (AvgIpc) is 3.46. The summed E-state index contributed by atoms with van der Waals surface area (Å²) in [6.07, 6.45) is 51.4. The van der Waals surface area contributed by atoms with Crippen molar-refractivity contribution in [2.75, 3.05) is 33.9 Å². The maximum atomic E-state index is 6.60. The maximum absolute atomic E-state index is 6.60. The molecule has 0 heterocycles. The Morgan fingerprint density at radius 1 is 0.543 bits per heavy atom. The smallest absolute Gasteiger partial charge is 0.168 e. The van der Waals surface area contributed by atoms with Crippen molar-refractivity contribution >= 4 is 0 Å². The molecule has 3 nitrogen and oxygen atoms in total. The molecule has 0 spiro atoms. The van der Waals surface area contributed by atoms with Gasteiger partial charge in [0, 0.05) is 12.8 Å². The molecule has 1 aliphatic rings. The molecule has 1 atom stereocenters. The molecule has 0 saturated heterocycles. The Balaban J connectivity index is 2.16. The lowest BCUT2D eigenvalue weighted by atomic mass is 10.0. The zero-order valence-corrected chi connectivity index (χ0v) is 31.5. The van der Waals surface area contributed by atoms with Gasteiger partial charge in [0.25, 0.3) is 0 Å². The summed E-state index contributed by atoms with van der Waals surface area (Å²) in [5, 5.41) is 0. The lowest BCUT2D eigenvalue weighted by molar-refractivity contribution is -0.235. The van der Waals surface area contributed by atoms with E-state index in [-0.39, 0.29) is 5.79 Å². The fourth-order valence-electron chi connectivity index (χ4n) is 6.40. The number of rotatable bonds is 33. The largest absolute Gasteiger partial charge is 0.350 e. The molecule has 1 saturated carbocycles. The molecule has 0 bridgehead atoms. The first-order chi connectivity index (χ1) is 22.6. The SMILES string of the molecule is CCCCCC=CCC=CCCCCCCCOC1(OCCCCCCCC=CCC=CCCCCC)CCC(CCN(C)C)C1. The number of ether oxygens (including phenoxy) is 2. The summed E-state index contributed by atoms with van der Waals surface area (Å²) in [5.74, 6) is 0.415. The highest BCUT2D eigenvalue weighted by Crippen LogP contribution is 2.40. The van der Waals surface area contributed by atoms with Gasteiger partial charge in [-0.15, -0.1) is 0 Å². The van der Waals surface area contributed by atoms with Gasteiger partial charge >= 0.3 is 0 Å². The summed E-state index contributed by atoms with van der Waals surface area (Å²) in [6, 6.07) is 0. The van der Waals surface area contributed by atoms with Gasteiger partial charge in [-0.3, -0.25) is 0 Å². The van der Waals surface area contributed by atoms with E-state index < -0.39 is 0 Å². The van der Waals surface area contributed by atoms with E-state index in [0.717, 1.165) is 64.2 Å². The molecule has 1 unspecified atom stereocenters. The Kier molecular flexibility index (Phi) is 30.2. The van der Waals surface area contributed by atoms with E-state index in [9.17, 15) is 0 Å². The Morgan fingerprint density at radius 3 is 1.39 bits per heavy atom. The number of hydrogen-bond donors (Lipinski definition) is 0. The van der Waals surface area contributed by atoms with Crippen LogP contribution in [0.5, 0.6) is 0 Å². The van der Waals surface area contributed by atoms with Crippen LogP contribution in [-0.4, -0.2) is 44.5 Å². The van der Waals surface area contributed by atoms with Crippen molar-refractivity contribution in [1.29, 1.82) is 0 Å². The van der Waals surface area contributed by atoms with Crippen LogP contribution < -0.4 is 0 Å². The summed E-state index contributed by atoms with van der Waals surface area (Å²) < 4.78 is 13.2. The van der Waals surface area contributed by atoms with Gasteiger partial charge in [-0.25, -0.2) is 0 Å². The summed E-state index contributed by atoms with van der Waals surface area (Å²) >= 11 is 0. The zero-order chi connectivity index (χ0) is 33.2. The zero-order valence-electron chi connectivity index (χ0n) is 31.5. The highest BCUT2D eigenvalue weighted by molar-refractivity contribution is 4.93. The molecule has 46 heavy (non-hydrogen) atoms.